The molecule has 9 nitrogen and oxygen atoms in total. The van der Waals surface area contributed by atoms with Crippen LogP contribution in [-0.2, 0) is 19.1 Å². The molecule has 2 amide bonds. The minimum Gasteiger partial charge on any atom is -0.467 e. The van der Waals surface area contributed by atoms with Gasteiger partial charge in [-0.25, -0.2) is 9.59 Å². The number of rotatable bonds is 8. The Morgan fingerprint density at radius 1 is 1.00 bits per heavy atom. The first-order valence-corrected chi connectivity index (χ1v) is 8.59. The van der Waals surface area contributed by atoms with Gasteiger partial charge in [0.2, 0.25) is 0 Å². The molecule has 0 aromatic carbocycles. The van der Waals surface area contributed by atoms with Crippen LogP contribution >= 0.6 is 25.3 Å². The Morgan fingerprint density at radius 3 is 1.96 bits per heavy atom. The first-order valence-electron chi connectivity index (χ1n) is 7.33. The average molecular weight is 401 g/mol. The molecule has 11 heteroatoms. The van der Waals surface area contributed by atoms with Crippen molar-refractivity contribution in [1.82, 2.24) is 15.6 Å². The second kappa shape index (κ2) is 10.7. The molecule has 1 aromatic rings. The topological polar surface area (TPSA) is 124 Å². The third kappa shape index (κ3) is 5.92. The van der Waals surface area contributed by atoms with Crippen molar-refractivity contribution in [2.45, 2.75) is 12.1 Å². The lowest BCUT2D eigenvalue weighted by Crippen LogP contribution is -2.44. The number of nitrogens with zero attached hydrogens (tertiary/aromatic N) is 1. The number of aromatic nitrogens is 1. The number of hydrogen-bond acceptors (Lipinski definition) is 9. The zero-order valence-corrected chi connectivity index (χ0v) is 15.9. The predicted octanol–water partition coefficient (Wildman–Crippen LogP) is -0.516. The van der Waals surface area contributed by atoms with E-state index < -0.39 is 35.8 Å². The summed E-state index contributed by atoms with van der Waals surface area (Å²) in [5.74, 6) is -2.51. The molecule has 0 spiro atoms. The average Bonchev–Trinajstić information content (AvgIpc) is 2.68. The Labute approximate surface area is 161 Å². The molecule has 0 aliphatic rings. The first kappa shape index (κ1) is 21.8. The molecule has 26 heavy (non-hydrogen) atoms. The normalized spacial score (nSPS) is 12.5. The van der Waals surface area contributed by atoms with Crippen LogP contribution in [0, 0.1) is 0 Å². The minimum atomic E-state index is -0.956. The molecule has 0 aliphatic heterocycles. The summed E-state index contributed by atoms with van der Waals surface area (Å²) in [6.07, 6.45) is 1.26. The van der Waals surface area contributed by atoms with Gasteiger partial charge in [-0.3, -0.25) is 14.6 Å². The molecule has 0 bridgehead atoms. The molecule has 0 aliphatic carbocycles. The van der Waals surface area contributed by atoms with Gasteiger partial charge in [0.15, 0.2) is 0 Å². The number of nitrogens with one attached hydrogen (secondary N) is 2. The number of carbonyl (C=O) groups is 4. The molecular weight excluding hydrogens is 382 g/mol. The Bertz CT molecular complexity index is 632. The standard InChI is InChI=1S/C15H19N3O6S2/c1-23-14(21)10(6-25)17-12(19)8-3-4-16-9(5-8)13(20)18-11(7-26)15(22)24-2/h3-5,10-11,25-26H,6-7H2,1-2H3,(H,17,19)(H,18,20). The quantitative estimate of drug-likeness (QED) is 0.341. The van der Waals surface area contributed by atoms with Crippen molar-refractivity contribution >= 4 is 49.0 Å². The Morgan fingerprint density at radius 2 is 1.50 bits per heavy atom. The van der Waals surface area contributed by atoms with Gasteiger partial charge >= 0.3 is 11.9 Å². The van der Waals surface area contributed by atoms with Gasteiger partial charge in [-0.1, -0.05) is 0 Å². The highest BCUT2D eigenvalue weighted by molar-refractivity contribution is 7.80. The molecule has 2 unspecified atom stereocenters. The van der Waals surface area contributed by atoms with E-state index in [1.807, 2.05) is 0 Å². The van der Waals surface area contributed by atoms with Gasteiger partial charge in [0.1, 0.15) is 17.8 Å². The first-order chi connectivity index (χ1) is 12.4. The van der Waals surface area contributed by atoms with Crippen molar-refractivity contribution in [3.8, 4) is 0 Å². The summed E-state index contributed by atoms with van der Waals surface area (Å²) in [6, 6.07) is 0.705. The molecular formula is C15H19N3O6S2. The van der Waals surface area contributed by atoms with E-state index in [9.17, 15) is 19.2 Å². The van der Waals surface area contributed by atoms with E-state index in [-0.39, 0.29) is 22.8 Å². The summed E-state index contributed by atoms with van der Waals surface area (Å²) in [4.78, 5) is 51.3. The summed E-state index contributed by atoms with van der Waals surface area (Å²) in [5, 5.41) is 4.85. The Balaban J connectivity index is 2.89. The number of thiol groups is 2. The van der Waals surface area contributed by atoms with Crippen molar-refractivity contribution < 1.29 is 28.7 Å². The van der Waals surface area contributed by atoms with Crippen LogP contribution < -0.4 is 10.6 Å². The Hall–Kier alpha value is -2.27. The maximum absolute atomic E-state index is 12.2. The number of pyridine rings is 1. The fourth-order valence-electron chi connectivity index (χ4n) is 1.81. The molecule has 1 rings (SSSR count). The zero-order chi connectivity index (χ0) is 19.7. The molecule has 0 saturated carbocycles. The van der Waals surface area contributed by atoms with Crippen LogP contribution in [0.4, 0.5) is 0 Å². The van der Waals surface area contributed by atoms with Gasteiger partial charge in [-0.2, -0.15) is 25.3 Å². The third-order valence-electron chi connectivity index (χ3n) is 3.20. The van der Waals surface area contributed by atoms with E-state index in [1.165, 1.54) is 32.5 Å². The molecule has 0 saturated heterocycles. The van der Waals surface area contributed by atoms with Crippen LogP contribution in [0.2, 0.25) is 0 Å². The van der Waals surface area contributed by atoms with Crippen LogP contribution in [0.1, 0.15) is 20.8 Å². The SMILES string of the molecule is COC(=O)C(CS)NC(=O)c1ccnc(C(=O)NC(CS)C(=O)OC)c1. The summed E-state index contributed by atoms with van der Waals surface area (Å²) in [7, 11) is 2.38. The second-order valence-corrected chi connectivity index (χ2v) is 5.62. The van der Waals surface area contributed by atoms with Crippen molar-refractivity contribution in [1.29, 1.82) is 0 Å². The Kier molecular flexibility index (Phi) is 8.93. The molecule has 142 valence electrons. The van der Waals surface area contributed by atoms with Crippen LogP contribution in [0.3, 0.4) is 0 Å². The van der Waals surface area contributed by atoms with E-state index in [0.29, 0.717) is 0 Å². The van der Waals surface area contributed by atoms with Crippen LogP contribution in [0.5, 0.6) is 0 Å². The largest absolute Gasteiger partial charge is 0.467 e. The summed E-state index contributed by atoms with van der Waals surface area (Å²) in [5.41, 5.74) is 0.00940. The monoisotopic (exact) mass is 401 g/mol. The highest BCUT2D eigenvalue weighted by Crippen LogP contribution is 2.05. The number of esters is 2. The number of amides is 2. The molecule has 0 fully saturated rings. The zero-order valence-electron chi connectivity index (χ0n) is 14.1. The molecule has 1 heterocycles. The smallest absolute Gasteiger partial charge is 0.329 e. The summed E-state index contributed by atoms with van der Waals surface area (Å²) < 4.78 is 9.11. The van der Waals surface area contributed by atoms with Gasteiger partial charge < -0.3 is 20.1 Å². The van der Waals surface area contributed by atoms with Gasteiger partial charge in [-0.15, -0.1) is 0 Å². The number of ether oxygens (including phenoxy) is 2. The van der Waals surface area contributed by atoms with Crippen molar-refractivity contribution in [2.75, 3.05) is 25.7 Å². The fourth-order valence-corrected chi connectivity index (χ4v) is 2.29. The maximum atomic E-state index is 12.2. The van der Waals surface area contributed by atoms with Gasteiger partial charge in [-0.05, 0) is 12.1 Å². The predicted molar refractivity (Wildman–Crippen MR) is 98.5 cm³/mol. The maximum Gasteiger partial charge on any atom is 0.329 e. The van der Waals surface area contributed by atoms with Crippen molar-refractivity contribution in [2.24, 2.45) is 0 Å². The lowest BCUT2D eigenvalue weighted by molar-refractivity contribution is -0.143. The number of hydrogen-bond donors (Lipinski definition) is 4. The highest BCUT2D eigenvalue weighted by Gasteiger charge is 2.23. The van der Waals surface area contributed by atoms with E-state index in [2.05, 4.69) is 50.3 Å². The minimum absolute atomic E-state index is 0.0291. The van der Waals surface area contributed by atoms with E-state index in [0.717, 1.165) is 0 Å². The molecule has 2 atom stereocenters. The van der Waals surface area contributed by atoms with E-state index in [4.69, 9.17) is 0 Å². The molecule has 2 N–H and O–H groups in total. The van der Waals surface area contributed by atoms with E-state index >= 15 is 0 Å². The third-order valence-corrected chi connectivity index (χ3v) is 3.93. The molecule has 1 aromatic heterocycles. The fraction of sp³-hybridized carbons (Fsp3) is 0.400. The lowest BCUT2D eigenvalue weighted by Gasteiger charge is -2.15. The van der Waals surface area contributed by atoms with Gasteiger partial charge in [0.25, 0.3) is 11.8 Å². The summed E-state index contributed by atoms with van der Waals surface area (Å²) >= 11 is 7.96. The summed E-state index contributed by atoms with van der Waals surface area (Å²) in [6.45, 7) is 0. The van der Waals surface area contributed by atoms with Crippen molar-refractivity contribution in [3.05, 3.63) is 29.6 Å². The van der Waals surface area contributed by atoms with Crippen LogP contribution in [0.25, 0.3) is 0 Å². The van der Waals surface area contributed by atoms with Crippen molar-refractivity contribution in [3.63, 3.8) is 0 Å². The van der Waals surface area contributed by atoms with Gasteiger partial charge in [0, 0.05) is 23.3 Å². The van der Waals surface area contributed by atoms with Gasteiger partial charge in [0.05, 0.1) is 14.2 Å². The number of methoxy groups -OCH3 is 2. The second-order valence-electron chi connectivity index (χ2n) is 4.89. The highest BCUT2D eigenvalue weighted by atomic mass is 32.1. The number of carbonyl (C=O) groups excluding carboxylic acids is 4. The van der Waals surface area contributed by atoms with Crippen LogP contribution in [-0.4, -0.2) is 66.5 Å². The molecule has 0 radical (unpaired) electrons. The van der Waals surface area contributed by atoms with Crippen LogP contribution in [0.15, 0.2) is 18.3 Å². The van der Waals surface area contributed by atoms with E-state index in [1.54, 1.807) is 0 Å². The lowest BCUT2D eigenvalue weighted by atomic mass is 10.2.